The van der Waals surface area contributed by atoms with Gasteiger partial charge in [0.15, 0.2) is 0 Å². The van der Waals surface area contributed by atoms with Crippen LogP contribution in [0.4, 0.5) is 0 Å². The second kappa shape index (κ2) is 30.0. The van der Waals surface area contributed by atoms with Crippen LogP contribution < -0.4 is 0 Å². The van der Waals surface area contributed by atoms with Crippen LogP contribution in [0.2, 0.25) is 0 Å². The molecule has 0 aromatic heterocycles. The lowest BCUT2D eigenvalue weighted by Crippen LogP contribution is -2.35. The molecule has 0 nitrogen and oxygen atoms in total. The van der Waals surface area contributed by atoms with Crippen molar-refractivity contribution in [2.75, 3.05) is 0 Å². The van der Waals surface area contributed by atoms with Crippen LogP contribution in [0, 0.1) is 23.7 Å². The van der Waals surface area contributed by atoms with Gasteiger partial charge in [0, 0.05) is 0 Å². The molecule has 38 heavy (non-hydrogen) atoms. The Labute approximate surface area is 244 Å². The molecule has 0 bridgehead atoms. The Morgan fingerprint density at radius 2 is 0.553 bits per heavy atom. The molecule has 0 heteroatoms. The first-order chi connectivity index (χ1) is 18.8. The second-order valence-corrected chi connectivity index (χ2v) is 12.9. The van der Waals surface area contributed by atoms with Gasteiger partial charge in [-0.2, -0.15) is 0 Å². The van der Waals surface area contributed by atoms with Crippen LogP contribution >= 0.6 is 0 Å². The lowest BCUT2D eigenvalue weighted by atomic mass is 9.61. The van der Waals surface area contributed by atoms with Crippen LogP contribution in [0.5, 0.6) is 0 Å². The molecule has 0 N–H and O–H groups in total. The van der Waals surface area contributed by atoms with E-state index in [1.54, 1.807) is 38.5 Å². The highest BCUT2D eigenvalue weighted by molar-refractivity contribution is 4.88. The van der Waals surface area contributed by atoms with Gasteiger partial charge in [0.05, 0.1) is 0 Å². The Morgan fingerprint density at radius 3 is 0.895 bits per heavy atom. The average molecular weight is 535 g/mol. The molecule has 0 spiro atoms. The minimum atomic E-state index is 1.06. The van der Waals surface area contributed by atoms with Gasteiger partial charge < -0.3 is 0 Å². The van der Waals surface area contributed by atoms with E-state index in [4.69, 9.17) is 0 Å². The zero-order valence-corrected chi connectivity index (χ0v) is 28.1. The monoisotopic (exact) mass is 535 g/mol. The van der Waals surface area contributed by atoms with Gasteiger partial charge >= 0.3 is 0 Å². The molecule has 0 aliphatic heterocycles. The van der Waals surface area contributed by atoms with Crippen molar-refractivity contribution in [3.63, 3.8) is 0 Å². The van der Waals surface area contributed by atoms with E-state index < -0.39 is 0 Å². The molecule has 0 amide bonds. The summed E-state index contributed by atoms with van der Waals surface area (Å²) in [6.45, 7) is 13.4. The summed E-state index contributed by atoms with van der Waals surface area (Å²) in [7, 11) is 0. The van der Waals surface area contributed by atoms with Crippen LogP contribution in [0.3, 0.4) is 0 Å². The molecule has 0 radical (unpaired) electrons. The number of hydrogen-bond acceptors (Lipinski definition) is 0. The lowest BCUT2D eigenvalue weighted by molar-refractivity contribution is 0.0581. The summed E-state index contributed by atoms with van der Waals surface area (Å²) >= 11 is 0. The Hall–Kier alpha value is 0. The summed E-state index contributed by atoms with van der Waals surface area (Å²) in [4.78, 5) is 0. The van der Waals surface area contributed by atoms with Gasteiger partial charge in [0.25, 0.3) is 0 Å². The summed E-state index contributed by atoms with van der Waals surface area (Å²) in [6.07, 6.45) is 41.7. The Morgan fingerprint density at radius 1 is 0.316 bits per heavy atom. The number of unbranched alkanes of at least 4 members (excludes halogenated alkanes) is 18. The largest absolute Gasteiger partial charge is 0.0683 e. The van der Waals surface area contributed by atoms with Crippen molar-refractivity contribution in [1.29, 1.82) is 0 Å². The smallest absolute Gasteiger partial charge is 0.0355 e. The zero-order chi connectivity index (χ0) is 28.1. The van der Waals surface area contributed by atoms with Crippen LogP contribution in [-0.4, -0.2) is 0 Å². The summed E-state index contributed by atoms with van der Waals surface area (Å²) in [6, 6.07) is 0. The standard InChI is InChI=1S/C36H72.C2H6/c1-5-9-13-16-18-21-24-28-34-32-31-33(27-23-12-8-4)35(29-25-20-15-11-7-3)36(34)30-26-22-19-17-14-10-6-2;1-2/h33-36H,5-32H2,1-4H3;1-2H3. The third kappa shape index (κ3) is 20.0. The van der Waals surface area contributed by atoms with Crippen LogP contribution in [-0.2, 0) is 0 Å². The fourth-order valence-corrected chi connectivity index (χ4v) is 7.51. The maximum atomic E-state index is 2.38. The highest BCUT2D eigenvalue weighted by atomic mass is 14.4. The Kier molecular flexibility index (Phi) is 30.0. The molecule has 4 unspecified atom stereocenters. The molecule has 1 fully saturated rings. The van der Waals surface area contributed by atoms with Gasteiger partial charge in [-0.3, -0.25) is 0 Å². The van der Waals surface area contributed by atoms with Crippen molar-refractivity contribution < 1.29 is 0 Å². The van der Waals surface area contributed by atoms with Crippen LogP contribution in [0.1, 0.15) is 221 Å². The van der Waals surface area contributed by atoms with Crippen LogP contribution in [0.15, 0.2) is 0 Å². The van der Waals surface area contributed by atoms with Gasteiger partial charge in [0.1, 0.15) is 0 Å². The number of rotatable bonds is 26. The predicted molar refractivity (Wildman–Crippen MR) is 177 cm³/mol. The summed E-state index contributed by atoms with van der Waals surface area (Å²) in [5.74, 6) is 4.24. The fourth-order valence-electron chi connectivity index (χ4n) is 7.51. The first kappa shape index (κ1) is 38.0. The van der Waals surface area contributed by atoms with E-state index in [1.807, 2.05) is 13.8 Å². The SMILES string of the molecule is CC.CCCCCCCCCC1CCC(CCCCC)C(CCCCCCC)C1CCCCCCCCC. The Bertz CT molecular complexity index is 426. The topological polar surface area (TPSA) is 0 Å². The molecule has 1 aliphatic carbocycles. The van der Waals surface area contributed by atoms with Gasteiger partial charge in [-0.25, -0.2) is 0 Å². The third-order valence-electron chi connectivity index (χ3n) is 9.81. The van der Waals surface area contributed by atoms with E-state index in [0.717, 1.165) is 23.7 Å². The first-order valence-corrected chi connectivity index (χ1v) is 18.8. The fraction of sp³-hybridized carbons (Fsp3) is 1.00. The van der Waals surface area contributed by atoms with E-state index in [2.05, 4.69) is 27.7 Å². The van der Waals surface area contributed by atoms with Gasteiger partial charge in [-0.15, -0.1) is 0 Å². The van der Waals surface area contributed by atoms with Crippen molar-refractivity contribution in [2.24, 2.45) is 23.7 Å². The second-order valence-electron chi connectivity index (χ2n) is 12.9. The van der Waals surface area contributed by atoms with E-state index in [1.165, 1.54) is 141 Å². The maximum Gasteiger partial charge on any atom is -0.0355 e. The molecule has 1 saturated carbocycles. The molecule has 1 rings (SSSR count). The van der Waals surface area contributed by atoms with Crippen molar-refractivity contribution in [3.8, 4) is 0 Å². The van der Waals surface area contributed by atoms with Gasteiger partial charge in [-0.1, -0.05) is 196 Å². The third-order valence-corrected chi connectivity index (χ3v) is 9.81. The molecule has 4 atom stereocenters. The van der Waals surface area contributed by atoms with Gasteiger partial charge in [-0.05, 0) is 49.4 Å². The molecule has 0 heterocycles. The lowest BCUT2D eigenvalue weighted by Gasteiger charge is -2.44. The summed E-state index contributed by atoms with van der Waals surface area (Å²) in [5, 5.41) is 0. The van der Waals surface area contributed by atoms with Crippen molar-refractivity contribution >= 4 is 0 Å². The first-order valence-electron chi connectivity index (χ1n) is 18.8. The molecular formula is C38H78. The molecule has 0 aromatic carbocycles. The van der Waals surface area contributed by atoms with Crippen LogP contribution in [0.25, 0.3) is 0 Å². The molecular weight excluding hydrogens is 456 g/mol. The average Bonchev–Trinajstić information content (AvgIpc) is 2.94. The van der Waals surface area contributed by atoms with E-state index in [-0.39, 0.29) is 0 Å². The summed E-state index contributed by atoms with van der Waals surface area (Å²) in [5.41, 5.74) is 0. The van der Waals surface area contributed by atoms with E-state index in [9.17, 15) is 0 Å². The van der Waals surface area contributed by atoms with E-state index >= 15 is 0 Å². The predicted octanol–water partition coefficient (Wildman–Crippen LogP) is 14.5. The highest BCUT2D eigenvalue weighted by Gasteiger charge is 2.37. The normalized spacial score (nSPS) is 21.3. The highest BCUT2D eigenvalue weighted by Crippen LogP contribution is 2.47. The molecule has 1 aliphatic rings. The minimum absolute atomic E-state index is 1.06. The minimum Gasteiger partial charge on any atom is -0.0683 e. The van der Waals surface area contributed by atoms with E-state index in [0.29, 0.717) is 0 Å². The number of hydrogen-bond donors (Lipinski definition) is 0. The van der Waals surface area contributed by atoms with Crippen molar-refractivity contribution in [1.82, 2.24) is 0 Å². The maximum absolute atomic E-state index is 2.38. The zero-order valence-electron chi connectivity index (χ0n) is 28.1. The van der Waals surface area contributed by atoms with Crippen molar-refractivity contribution in [2.45, 2.75) is 221 Å². The summed E-state index contributed by atoms with van der Waals surface area (Å²) < 4.78 is 0. The molecule has 0 aromatic rings. The van der Waals surface area contributed by atoms with Gasteiger partial charge in [0.2, 0.25) is 0 Å². The quantitative estimate of drug-likeness (QED) is 0.0968. The molecule has 0 saturated heterocycles. The Balaban J connectivity index is 0.00000667. The molecule has 230 valence electrons. The van der Waals surface area contributed by atoms with Crippen molar-refractivity contribution in [3.05, 3.63) is 0 Å².